The number of fused-ring (bicyclic) bond motifs is 1. The van der Waals surface area contributed by atoms with Crippen molar-refractivity contribution in [3.8, 4) is 0 Å². The van der Waals surface area contributed by atoms with Gasteiger partial charge in [0.1, 0.15) is 0 Å². The molecular formula is C17H14O2. The van der Waals surface area contributed by atoms with E-state index in [4.69, 9.17) is 5.11 Å². The SMILES string of the molecule is O=C(O)C1=C2\C=C/C=C\C=C/C=C\C=C/C=C\2C=C1. The van der Waals surface area contributed by atoms with Crippen LogP contribution in [0.2, 0.25) is 0 Å². The zero-order valence-corrected chi connectivity index (χ0v) is 10.4. The van der Waals surface area contributed by atoms with Gasteiger partial charge in [0.15, 0.2) is 0 Å². The highest BCUT2D eigenvalue weighted by molar-refractivity contribution is 5.95. The Balaban J connectivity index is 2.43. The van der Waals surface area contributed by atoms with E-state index in [1.54, 1.807) is 6.08 Å². The van der Waals surface area contributed by atoms with E-state index in [2.05, 4.69) is 0 Å². The smallest absolute Gasteiger partial charge is 0.336 e. The molecule has 0 fully saturated rings. The molecule has 0 unspecified atom stereocenters. The summed E-state index contributed by atoms with van der Waals surface area (Å²) in [5, 5.41) is 9.16. The van der Waals surface area contributed by atoms with Crippen molar-refractivity contribution in [2.75, 3.05) is 0 Å². The van der Waals surface area contributed by atoms with Crippen molar-refractivity contribution in [2.24, 2.45) is 0 Å². The molecule has 0 saturated heterocycles. The van der Waals surface area contributed by atoms with Crippen molar-refractivity contribution >= 4 is 5.97 Å². The van der Waals surface area contributed by atoms with Crippen LogP contribution in [0.4, 0.5) is 0 Å². The molecule has 0 aromatic rings. The number of rotatable bonds is 1. The normalized spacial score (nSPS) is 28.9. The van der Waals surface area contributed by atoms with Gasteiger partial charge in [-0.25, -0.2) is 4.79 Å². The van der Waals surface area contributed by atoms with Gasteiger partial charge in [-0.15, -0.1) is 0 Å². The van der Waals surface area contributed by atoms with Crippen LogP contribution < -0.4 is 0 Å². The van der Waals surface area contributed by atoms with Gasteiger partial charge in [-0.2, -0.15) is 0 Å². The topological polar surface area (TPSA) is 37.3 Å². The van der Waals surface area contributed by atoms with Gasteiger partial charge in [0.25, 0.3) is 0 Å². The number of hydrogen-bond acceptors (Lipinski definition) is 1. The summed E-state index contributed by atoms with van der Waals surface area (Å²) in [5.41, 5.74) is 1.96. The summed E-state index contributed by atoms with van der Waals surface area (Å²) in [6, 6.07) is 0. The lowest BCUT2D eigenvalue weighted by molar-refractivity contribution is -0.132. The standard InChI is InChI=1S/C17H14O2/c18-17(19)16-13-12-14-10-8-6-4-2-1-3-5-7-9-11-15(14)16/h1-13H,(H,18,19)/b2-1?,3-1-,4-2-,5-3?,6-4?,7-5-,8-6-,9-7?,10-8?,11-9-,14-10-,15-11?. The van der Waals surface area contributed by atoms with Gasteiger partial charge in [-0.1, -0.05) is 72.9 Å². The molecule has 2 rings (SSSR count). The van der Waals surface area contributed by atoms with Gasteiger partial charge in [-0.05, 0) is 17.2 Å². The molecule has 2 aliphatic carbocycles. The van der Waals surface area contributed by atoms with Crippen molar-refractivity contribution in [3.05, 3.63) is 95.7 Å². The average Bonchev–Trinajstić information content (AvgIpc) is 2.78. The van der Waals surface area contributed by atoms with Crippen molar-refractivity contribution in [1.82, 2.24) is 0 Å². The maximum atomic E-state index is 11.2. The molecule has 0 amide bonds. The summed E-state index contributed by atoms with van der Waals surface area (Å²) >= 11 is 0. The molecule has 0 atom stereocenters. The molecular weight excluding hydrogens is 236 g/mol. The van der Waals surface area contributed by atoms with E-state index < -0.39 is 5.97 Å². The van der Waals surface area contributed by atoms with Gasteiger partial charge in [0.05, 0.1) is 5.57 Å². The summed E-state index contributed by atoms with van der Waals surface area (Å²) in [7, 11) is 0. The van der Waals surface area contributed by atoms with Crippen LogP contribution in [0.15, 0.2) is 95.7 Å². The van der Waals surface area contributed by atoms with Gasteiger partial charge in [-0.3, -0.25) is 0 Å². The molecule has 0 aliphatic heterocycles. The van der Waals surface area contributed by atoms with Gasteiger partial charge >= 0.3 is 5.97 Å². The molecule has 0 aromatic carbocycles. The first-order valence-corrected chi connectivity index (χ1v) is 6.00. The maximum absolute atomic E-state index is 11.2. The fourth-order valence-corrected chi connectivity index (χ4v) is 1.79. The summed E-state index contributed by atoms with van der Waals surface area (Å²) in [4.78, 5) is 11.2. The van der Waals surface area contributed by atoms with Crippen molar-refractivity contribution in [1.29, 1.82) is 0 Å². The zero-order chi connectivity index (χ0) is 13.5. The van der Waals surface area contributed by atoms with Gasteiger partial charge in [0.2, 0.25) is 0 Å². The Morgan fingerprint density at radius 1 is 0.737 bits per heavy atom. The van der Waals surface area contributed by atoms with E-state index in [9.17, 15) is 4.79 Å². The monoisotopic (exact) mass is 250 g/mol. The van der Waals surface area contributed by atoms with E-state index in [0.29, 0.717) is 5.57 Å². The predicted octanol–water partition coefficient (Wildman–Crippen LogP) is 3.66. The Labute approximate surface area is 112 Å². The van der Waals surface area contributed by atoms with Crippen LogP contribution in [-0.2, 0) is 4.79 Å². The highest BCUT2D eigenvalue weighted by atomic mass is 16.4. The fraction of sp³-hybridized carbons (Fsp3) is 0. The van der Waals surface area contributed by atoms with Crippen LogP contribution in [0.1, 0.15) is 0 Å². The molecule has 0 aromatic heterocycles. The molecule has 2 aliphatic rings. The first-order chi connectivity index (χ1) is 9.29. The molecule has 19 heavy (non-hydrogen) atoms. The first kappa shape index (κ1) is 12.8. The molecule has 1 N–H and O–H groups in total. The number of carbonyl (C=O) groups is 1. The quantitative estimate of drug-likeness (QED) is 0.771. The molecule has 0 radical (unpaired) electrons. The van der Waals surface area contributed by atoms with E-state index in [-0.39, 0.29) is 0 Å². The minimum atomic E-state index is -0.906. The lowest BCUT2D eigenvalue weighted by Crippen LogP contribution is -1.98. The lowest BCUT2D eigenvalue weighted by atomic mass is 10.1. The van der Waals surface area contributed by atoms with E-state index >= 15 is 0 Å². The molecule has 0 spiro atoms. The average molecular weight is 250 g/mol. The third-order valence-electron chi connectivity index (χ3n) is 2.69. The van der Waals surface area contributed by atoms with Crippen LogP contribution in [0.3, 0.4) is 0 Å². The second-order valence-electron chi connectivity index (χ2n) is 3.99. The van der Waals surface area contributed by atoms with E-state index in [1.165, 1.54) is 0 Å². The van der Waals surface area contributed by atoms with Crippen molar-refractivity contribution in [2.45, 2.75) is 0 Å². The van der Waals surface area contributed by atoms with Crippen LogP contribution in [0.5, 0.6) is 0 Å². The molecule has 2 heteroatoms. The largest absolute Gasteiger partial charge is 0.478 e. The molecule has 0 bridgehead atoms. The second-order valence-corrected chi connectivity index (χ2v) is 3.99. The third kappa shape index (κ3) is 3.42. The van der Waals surface area contributed by atoms with E-state index in [1.807, 2.05) is 72.9 Å². The molecule has 2 nitrogen and oxygen atoms in total. The zero-order valence-electron chi connectivity index (χ0n) is 10.4. The summed E-state index contributed by atoms with van der Waals surface area (Å²) in [5.74, 6) is -0.906. The summed E-state index contributed by atoms with van der Waals surface area (Å²) in [6.45, 7) is 0. The lowest BCUT2D eigenvalue weighted by Gasteiger charge is -1.99. The maximum Gasteiger partial charge on any atom is 0.336 e. The second kappa shape index (κ2) is 6.36. The Hall–Kier alpha value is -2.61. The number of carboxylic acid groups (broad SMARTS) is 1. The highest BCUT2D eigenvalue weighted by Gasteiger charge is 2.16. The first-order valence-electron chi connectivity index (χ1n) is 6.00. The number of carboxylic acids is 1. The molecule has 94 valence electrons. The fourth-order valence-electron chi connectivity index (χ4n) is 1.79. The summed E-state index contributed by atoms with van der Waals surface area (Å²) in [6.07, 6.45) is 24.3. The van der Waals surface area contributed by atoms with E-state index in [0.717, 1.165) is 11.1 Å². The predicted molar refractivity (Wildman–Crippen MR) is 77.6 cm³/mol. The Morgan fingerprint density at radius 3 is 1.95 bits per heavy atom. The van der Waals surface area contributed by atoms with Crippen LogP contribution in [0, 0.1) is 0 Å². The van der Waals surface area contributed by atoms with Crippen LogP contribution in [0.25, 0.3) is 0 Å². The minimum absolute atomic E-state index is 0.324. The molecule has 0 heterocycles. The number of hydrogen-bond donors (Lipinski definition) is 1. The van der Waals surface area contributed by atoms with Crippen molar-refractivity contribution < 1.29 is 9.90 Å². The summed E-state index contributed by atoms with van der Waals surface area (Å²) < 4.78 is 0. The highest BCUT2D eigenvalue weighted by Crippen LogP contribution is 2.26. The third-order valence-corrected chi connectivity index (χ3v) is 2.69. The number of allylic oxidation sites excluding steroid dienone is 14. The Kier molecular flexibility index (Phi) is 4.29. The van der Waals surface area contributed by atoms with Gasteiger partial charge in [0, 0.05) is 0 Å². The number of aliphatic carboxylic acids is 1. The van der Waals surface area contributed by atoms with Crippen LogP contribution in [-0.4, -0.2) is 11.1 Å². The minimum Gasteiger partial charge on any atom is -0.478 e. The van der Waals surface area contributed by atoms with Crippen molar-refractivity contribution in [3.63, 3.8) is 0 Å². The van der Waals surface area contributed by atoms with Crippen LogP contribution >= 0.6 is 0 Å². The Morgan fingerprint density at radius 2 is 1.32 bits per heavy atom. The Bertz CT molecular complexity index is 603. The molecule has 0 saturated carbocycles. The van der Waals surface area contributed by atoms with Gasteiger partial charge < -0.3 is 5.11 Å².